The molecule has 3 N–H and O–H groups in total. The first-order valence-electron chi connectivity index (χ1n) is 8.25. The molecule has 2 aromatic carbocycles. The first-order chi connectivity index (χ1) is 12.1. The van der Waals surface area contributed by atoms with E-state index in [2.05, 4.69) is 22.4 Å². The number of aliphatic hydroxyl groups excluding tert-OH is 1. The van der Waals surface area contributed by atoms with Gasteiger partial charge in [0.15, 0.2) is 0 Å². The zero-order valence-corrected chi connectivity index (χ0v) is 14.3. The quantitative estimate of drug-likeness (QED) is 0.617. The van der Waals surface area contributed by atoms with Crippen molar-refractivity contribution in [3.05, 3.63) is 59.5 Å². The van der Waals surface area contributed by atoms with Crippen LogP contribution in [0.15, 0.2) is 42.5 Å². The number of methoxy groups -OCH3 is 1. The van der Waals surface area contributed by atoms with Gasteiger partial charge in [-0.05, 0) is 42.7 Å². The minimum atomic E-state index is -0.811. The first-order valence-corrected chi connectivity index (χ1v) is 8.25. The first kappa shape index (κ1) is 17.4. The smallest absolute Gasteiger partial charge is 0.217 e. The molecule has 25 heavy (non-hydrogen) atoms. The fraction of sp³-hybridized carbons (Fsp3) is 0.316. The maximum absolute atomic E-state index is 13.9. The van der Waals surface area contributed by atoms with Gasteiger partial charge in [0.25, 0.3) is 0 Å². The summed E-state index contributed by atoms with van der Waals surface area (Å²) in [6.45, 7) is 2.39. The molecule has 0 unspecified atom stereocenters. The Morgan fingerprint density at radius 2 is 2.00 bits per heavy atom. The van der Waals surface area contributed by atoms with E-state index in [0.717, 1.165) is 12.2 Å². The number of nitrogens with zero attached hydrogens (tertiary/aromatic N) is 1. The number of hydrogen-bond acceptors (Lipinski definition) is 4. The molecule has 0 aliphatic heterocycles. The molecule has 0 saturated carbocycles. The second-order valence-electron chi connectivity index (χ2n) is 6.16. The van der Waals surface area contributed by atoms with Gasteiger partial charge >= 0.3 is 0 Å². The van der Waals surface area contributed by atoms with Crippen LogP contribution in [-0.4, -0.2) is 35.0 Å². The van der Waals surface area contributed by atoms with E-state index in [0.29, 0.717) is 23.0 Å². The van der Waals surface area contributed by atoms with Gasteiger partial charge < -0.3 is 15.2 Å². The van der Waals surface area contributed by atoms with Crippen LogP contribution in [0, 0.1) is 5.95 Å². The molecule has 0 fully saturated rings. The highest BCUT2D eigenvalue weighted by Crippen LogP contribution is 2.25. The number of aliphatic hydroxyl groups is 1. The monoisotopic (exact) mass is 343 g/mol. The van der Waals surface area contributed by atoms with Gasteiger partial charge in [0.2, 0.25) is 5.95 Å². The highest BCUT2D eigenvalue weighted by Gasteiger charge is 2.17. The van der Waals surface area contributed by atoms with Gasteiger partial charge in [-0.1, -0.05) is 24.3 Å². The van der Waals surface area contributed by atoms with Crippen LogP contribution < -0.4 is 10.1 Å². The minimum Gasteiger partial charge on any atom is -0.497 e. The molecule has 1 heterocycles. The number of halogens is 1. The van der Waals surface area contributed by atoms with Gasteiger partial charge in [-0.25, -0.2) is 0 Å². The Morgan fingerprint density at radius 1 is 1.24 bits per heavy atom. The molecule has 2 atom stereocenters. The number of hydrogen-bond donors (Lipinski definition) is 3. The van der Waals surface area contributed by atoms with E-state index in [1.54, 1.807) is 25.3 Å². The molecule has 0 aliphatic carbocycles. The summed E-state index contributed by atoms with van der Waals surface area (Å²) in [5, 5.41) is 20.3. The van der Waals surface area contributed by atoms with E-state index in [1.165, 1.54) is 5.56 Å². The average molecular weight is 343 g/mol. The number of nitrogens with one attached hydrogen (secondary N) is 2. The summed E-state index contributed by atoms with van der Waals surface area (Å²) in [6.07, 6.45) is 0.00942. The minimum absolute atomic E-state index is 0.163. The van der Waals surface area contributed by atoms with Crippen LogP contribution in [0.3, 0.4) is 0 Å². The van der Waals surface area contributed by atoms with Crippen LogP contribution in [0.4, 0.5) is 4.39 Å². The Kier molecular flexibility index (Phi) is 5.31. The Morgan fingerprint density at radius 3 is 2.72 bits per heavy atom. The van der Waals surface area contributed by atoms with Crippen LogP contribution in [-0.2, 0) is 6.42 Å². The van der Waals surface area contributed by atoms with E-state index in [9.17, 15) is 9.50 Å². The normalized spacial score (nSPS) is 13.8. The van der Waals surface area contributed by atoms with Crippen molar-refractivity contribution in [3.63, 3.8) is 0 Å². The average Bonchev–Trinajstić information content (AvgIpc) is 3.02. The third-order valence-corrected chi connectivity index (χ3v) is 4.29. The second-order valence-corrected chi connectivity index (χ2v) is 6.16. The van der Waals surface area contributed by atoms with E-state index in [4.69, 9.17) is 4.74 Å². The Hall–Kier alpha value is -2.44. The van der Waals surface area contributed by atoms with Crippen molar-refractivity contribution >= 4 is 10.9 Å². The lowest BCUT2D eigenvalue weighted by Gasteiger charge is -2.18. The molecule has 6 heteroatoms. The third kappa shape index (κ3) is 3.97. The maximum Gasteiger partial charge on any atom is 0.217 e. The fourth-order valence-corrected chi connectivity index (χ4v) is 2.94. The largest absolute Gasteiger partial charge is 0.497 e. The lowest BCUT2D eigenvalue weighted by molar-refractivity contribution is 0.172. The van der Waals surface area contributed by atoms with E-state index >= 15 is 0 Å². The van der Waals surface area contributed by atoms with Crippen LogP contribution in [0.25, 0.3) is 10.9 Å². The summed E-state index contributed by atoms with van der Waals surface area (Å²) in [5.41, 5.74) is 2.23. The molecular weight excluding hydrogens is 321 g/mol. The van der Waals surface area contributed by atoms with Crippen molar-refractivity contribution in [2.45, 2.75) is 25.5 Å². The number of fused-ring (bicyclic) bond motifs is 1. The fourth-order valence-electron chi connectivity index (χ4n) is 2.94. The lowest BCUT2D eigenvalue weighted by Crippen LogP contribution is -2.32. The summed E-state index contributed by atoms with van der Waals surface area (Å²) in [6, 6.07) is 13.3. The number of rotatable bonds is 7. The molecule has 0 bridgehead atoms. The zero-order valence-electron chi connectivity index (χ0n) is 14.3. The van der Waals surface area contributed by atoms with Gasteiger partial charge in [0.1, 0.15) is 5.75 Å². The van der Waals surface area contributed by atoms with Crippen LogP contribution in [0.1, 0.15) is 24.2 Å². The van der Waals surface area contributed by atoms with Crippen molar-refractivity contribution in [2.24, 2.45) is 0 Å². The van der Waals surface area contributed by atoms with Crippen molar-refractivity contribution in [3.8, 4) is 5.75 Å². The molecule has 1 aromatic heterocycles. The summed E-state index contributed by atoms with van der Waals surface area (Å²) in [5.74, 6) is 0.311. The topological polar surface area (TPSA) is 70.2 Å². The molecule has 0 saturated heterocycles. The second kappa shape index (κ2) is 7.63. The number of aromatic amines is 1. The molecule has 0 radical (unpaired) electrons. The van der Waals surface area contributed by atoms with Gasteiger partial charge in [-0.15, -0.1) is 0 Å². The molecular formula is C19H22FN3O2. The predicted octanol–water partition coefficient (Wildman–Crippen LogP) is 2.96. The van der Waals surface area contributed by atoms with Crippen LogP contribution in [0.5, 0.6) is 5.75 Å². The van der Waals surface area contributed by atoms with Crippen molar-refractivity contribution in [2.75, 3.05) is 13.7 Å². The van der Waals surface area contributed by atoms with Crippen LogP contribution in [0.2, 0.25) is 0 Å². The molecule has 132 valence electrons. The zero-order chi connectivity index (χ0) is 17.8. The van der Waals surface area contributed by atoms with E-state index < -0.39 is 12.1 Å². The number of benzene rings is 2. The van der Waals surface area contributed by atoms with Crippen LogP contribution >= 0.6 is 0 Å². The Bertz CT molecular complexity index is 832. The molecule has 0 amide bonds. The molecule has 3 aromatic rings. The Balaban J connectivity index is 1.61. The number of H-pyrrole nitrogens is 1. The highest BCUT2D eigenvalue weighted by atomic mass is 19.1. The third-order valence-electron chi connectivity index (χ3n) is 4.29. The standard InChI is InChI=1S/C19H22FN3O2/c1-12(10-13-6-8-14(25-2)9-7-13)21-11-17(24)15-4-3-5-16-18(15)19(20)23-22-16/h3-9,12,17,21,24H,10-11H2,1-2H3,(H,22,23)/t12-,17+/m1/s1. The van der Waals surface area contributed by atoms with Gasteiger partial charge in [-0.3, -0.25) is 5.10 Å². The lowest BCUT2D eigenvalue weighted by atomic mass is 10.0. The SMILES string of the molecule is COc1ccc(C[C@@H](C)NC[C@H](O)c2cccc3n[nH]c(F)c23)cc1. The predicted molar refractivity (Wildman–Crippen MR) is 95.2 cm³/mol. The summed E-state index contributed by atoms with van der Waals surface area (Å²) >= 11 is 0. The summed E-state index contributed by atoms with van der Waals surface area (Å²) in [7, 11) is 1.64. The highest BCUT2D eigenvalue weighted by molar-refractivity contribution is 5.82. The van der Waals surface area contributed by atoms with Gasteiger partial charge in [0.05, 0.1) is 24.1 Å². The van der Waals surface area contributed by atoms with Crippen molar-refractivity contribution < 1.29 is 14.2 Å². The summed E-state index contributed by atoms with van der Waals surface area (Å²) < 4.78 is 19.0. The van der Waals surface area contributed by atoms with Crippen molar-refractivity contribution in [1.29, 1.82) is 0 Å². The van der Waals surface area contributed by atoms with Gasteiger partial charge in [-0.2, -0.15) is 9.49 Å². The molecule has 5 nitrogen and oxygen atoms in total. The number of ether oxygens (including phenoxy) is 1. The number of aromatic nitrogens is 2. The Labute approximate surface area is 145 Å². The summed E-state index contributed by atoms with van der Waals surface area (Å²) in [4.78, 5) is 0. The van der Waals surface area contributed by atoms with Gasteiger partial charge in [0, 0.05) is 12.6 Å². The van der Waals surface area contributed by atoms with E-state index in [1.807, 2.05) is 24.3 Å². The maximum atomic E-state index is 13.9. The van der Waals surface area contributed by atoms with Crippen molar-refractivity contribution in [1.82, 2.24) is 15.5 Å². The molecule has 0 spiro atoms. The molecule has 0 aliphatic rings. The molecule has 3 rings (SSSR count). The van der Waals surface area contributed by atoms with E-state index in [-0.39, 0.29) is 6.04 Å².